The summed E-state index contributed by atoms with van der Waals surface area (Å²) in [6.45, 7) is 6.97. The zero-order valence-corrected chi connectivity index (χ0v) is 14.6. The lowest BCUT2D eigenvalue weighted by molar-refractivity contribution is 0.300. The van der Waals surface area contributed by atoms with E-state index in [-0.39, 0.29) is 6.04 Å². The number of hydrogen-bond donors (Lipinski definition) is 1. The molecule has 0 aliphatic rings. The van der Waals surface area contributed by atoms with Crippen molar-refractivity contribution in [3.05, 3.63) is 63.1 Å². The largest absolute Gasteiger partial charge is 0.489 e. The molecule has 21 heavy (non-hydrogen) atoms. The number of aryl methyl sites for hydroxylation is 2. The van der Waals surface area contributed by atoms with Crippen LogP contribution in [0, 0.1) is 13.8 Å². The van der Waals surface area contributed by atoms with Gasteiger partial charge in [0, 0.05) is 16.1 Å². The Morgan fingerprint density at radius 1 is 1.10 bits per heavy atom. The molecule has 3 heteroatoms. The molecule has 2 aromatic rings. The molecule has 2 aromatic carbocycles. The standard InChI is InChI=1S/C18H22BrNO/c1-12-5-6-15(9-13(12)2)11-21-18-10-16(19)7-8-17(18)14(3)20-4/h5-10,14,20H,11H2,1-4H3. The highest BCUT2D eigenvalue weighted by molar-refractivity contribution is 9.10. The van der Waals surface area contributed by atoms with E-state index >= 15 is 0 Å². The number of rotatable bonds is 5. The lowest BCUT2D eigenvalue weighted by Gasteiger charge is -2.17. The van der Waals surface area contributed by atoms with Crippen molar-refractivity contribution >= 4 is 15.9 Å². The van der Waals surface area contributed by atoms with Gasteiger partial charge in [0.2, 0.25) is 0 Å². The van der Waals surface area contributed by atoms with Crippen LogP contribution in [0.5, 0.6) is 5.75 Å². The third kappa shape index (κ3) is 4.08. The topological polar surface area (TPSA) is 21.3 Å². The Morgan fingerprint density at radius 2 is 1.86 bits per heavy atom. The van der Waals surface area contributed by atoms with E-state index in [0.29, 0.717) is 6.61 Å². The van der Waals surface area contributed by atoms with Gasteiger partial charge in [0.25, 0.3) is 0 Å². The van der Waals surface area contributed by atoms with Gasteiger partial charge in [0.1, 0.15) is 12.4 Å². The number of benzene rings is 2. The van der Waals surface area contributed by atoms with Gasteiger partial charge < -0.3 is 10.1 Å². The van der Waals surface area contributed by atoms with E-state index in [4.69, 9.17) is 4.74 Å². The second kappa shape index (κ2) is 7.10. The summed E-state index contributed by atoms with van der Waals surface area (Å²) < 4.78 is 7.08. The summed E-state index contributed by atoms with van der Waals surface area (Å²) in [6.07, 6.45) is 0. The molecule has 0 aromatic heterocycles. The molecule has 1 atom stereocenters. The maximum atomic E-state index is 6.05. The van der Waals surface area contributed by atoms with E-state index < -0.39 is 0 Å². The van der Waals surface area contributed by atoms with Crippen LogP contribution in [0.1, 0.15) is 35.2 Å². The first-order valence-electron chi connectivity index (χ1n) is 7.17. The lowest BCUT2D eigenvalue weighted by atomic mass is 10.1. The van der Waals surface area contributed by atoms with Crippen LogP contribution in [0.15, 0.2) is 40.9 Å². The van der Waals surface area contributed by atoms with Crippen LogP contribution in [0.4, 0.5) is 0 Å². The molecule has 0 aliphatic heterocycles. The van der Waals surface area contributed by atoms with Crippen LogP contribution in [-0.4, -0.2) is 7.05 Å². The molecular weight excluding hydrogens is 326 g/mol. The third-order valence-corrected chi connectivity index (χ3v) is 4.33. The third-order valence-electron chi connectivity index (χ3n) is 3.84. The Kier molecular flexibility index (Phi) is 5.43. The van der Waals surface area contributed by atoms with Crippen molar-refractivity contribution in [2.75, 3.05) is 7.05 Å². The molecule has 112 valence electrons. The maximum Gasteiger partial charge on any atom is 0.125 e. The van der Waals surface area contributed by atoms with Crippen LogP contribution in [-0.2, 0) is 6.61 Å². The van der Waals surface area contributed by atoms with E-state index in [0.717, 1.165) is 10.2 Å². The van der Waals surface area contributed by atoms with Gasteiger partial charge in [0.05, 0.1) is 0 Å². The number of halogens is 1. The lowest BCUT2D eigenvalue weighted by Crippen LogP contribution is -2.13. The zero-order valence-electron chi connectivity index (χ0n) is 13.0. The Bertz CT molecular complexity index is 625. The number of ether oxygens (including phenoxy) is 1. The first-order chi connectivity index (χ1) is 10.0. The van der Waals surface area contributed by atoms with E-state index in [1.54, 1.807) is 0 Å². The highest BCUT2D eigenvalue weighted by Crippen LogP contribution is 2.29. The molecule has 0 heterocycles. The smallest absolute Gasteiger partial charge is 0.125 e. The fourth-order valence-electron chi connectivity index (χ4n) is 2.20. The average molecular weight is 348 g/mol. The molecule has 0 spiro atoms. The first-order valence-corrected chi connectivity index (χ1v) is 7.96. The van der Waals surface area contributed by atoms with Crippen LogP contribution in [0.2, 0.25) is 0 Å². The Morgan fingerprint density at radius 3 is 2.52 bits per heavy atom. The Labute approximate surface area is 135 Å². The summed E-state index contributed by atoms with van der Waals surface area (Å²) in [7, 11) is 1.96. The fraction of sp³-hybridized carbons (Fsp3) is 0.333. The molecule has 0 aliphatic carbocycles. The van der Waals surface area contributed by atoms with Crippen molar-refractivity contribution in [2.45, 2.75) is 33.4 Å². The van der Waals surface area contributed by atoms with Crippen molar-refractivity contribution in [3.63, 3.8) is 0 Å². The Balaban J connectivity index is 2.18. The van der Waals surface area contributed by atoms with Gasteiger partial charge in [-0.15, -0.1) is 0 Å². The monoisotopic (exact) mass is 347 g/mol. The van der Waals surface area contributed by atoms with Crippen molar-refractivity contribution in [3.8, 4) is 5.75 Å². The van der Waals surface area contributed by atoms with Crippen LogP contribution < -0.4 is 10.1 Å². The molecule has 1 N–H and O–H groups in total. The SMILES string of the molecule is CNC(C)c1ccc(Br)cc1OCc1ccc(C)c(C)c1. The molecule has 0 radical (unpaired) electrons. The molecule has 2 rings (SSSR count). The van der Waals surface area contributed by atoms with Crippen LogP contribution >= 0.6 is 15.9 Å². The van der Waals surface area contributed by atoms with Crippen LogP contribution in [0.3, 0.4) is 0 Å². The minimum Gasteiger partial charge on any atom is -0.489 e. The van der Waals surface area contributed by atoms with E-state index in [2.05, 4.69) is 66.3 Å². The number of hydrogen-bond acceptors (Lipinski definition) is 2. The highest BCUT2D eigenvalue weighted by atomic mass is 79.9. The molecule has 0 amide bonds. The molecule has 0 bridgehead atoms. The Hall–Kier alpha value is -1.32. The summed E-state index contributed by atoms with van der Waals surface area (Å²) >= 11 is 3.51. The van der Waals surface area contributed by atoms with Gasteiger partial charge in [-0.2, -0.15) is 0 Å². The van der Waals surface area contributed by atoms with Crippen molar-refractivity contribution in [1.29, 1.82) is 0 Å². The van der Waals surface area contributed by atoms with Gasteiger partial charge in [-0.05, 0) is 56.6 Å². The maximum absolute atomic E-state index is 6.05. The van der Waals surface area contributed by atoms with Crippen molar-refractivity contribution < 1.29 is 4.74 Å². The quantitative estimate of drug-likeness (QED) is 0.828. The van der Waals surface area contributed by atoms with Gasteiger partial charge >= 0.3 is 0 Å². The normalized spacial score (nSPS) is 12.2. The predicted molar refractivity (Wildman–Crippen MR) is 91.9 cm³/mol. The van der Waals surface area contributed by atoms with E-state index in [1.165, 1.54) is 22.3 Å². The summed E-state index contributed by atoms with van der Waals surface area (Å²) in [5.41, 5.74) is 4.98. The fourth-order valence-corrected chi connectivity index (χ4v) is 2.54. The summed E-state index contributed by atoms with van der Waals surface area (Å²) in [6, 6.07) is 12.9. The first kappa shape index (κ1) is 16.1. The van der Waals surface area contributed by atoms with Gasteiger partial charge in [0.15, 0.2) is 0 Å². The highest BCUT2D eigenvalue weighted by Gasteiger charge is 2.11. The van der Waals surface area contributed by atoms with Crippen LogP contribution in [0.25, 0.3) is 0 Å². The van der Waals surface area contributed by atoms with Crippen molar-refractivity contribution in [2.24, 2.45) is 0 Å². The average Bonchev–Trinajstić information content (AvgIpc) is 2.48. The van der Waals surface area contributed by atoms with Crippen molar-refractivity contribution in [1.82, 2.24) is 5.32 Å². The van der Waals surface area contributed by atoms with Gasteiger partial charge in [-0.25, -0.2) is 0 Å². The molecular formula is C18H22BrNO. The second-order valence-corrected chi connectivity index (χ2v) is 6.32. The van der Waals surface area contributed by atoms with Gasteiger partial charge in [-0.3, -0.25) is 0 Å². The second-order valence-electron chi connectivity index (χ2n) is 5.40. The molecule has 2 nitrogen and oxygen atoms in total. The summed E-state index contributed by atoms with van der Waals surface area (Å²) in [5, 5.41) is 3.26. The predicted octanol–water partition coefficient (Wildman–Crippen LogP) is 4.93. The molecule has 0 fully saturated rings. The van der Waals surface area contributed by atoms with E-state index in [9.17, 15) is 0 Å². The minimum atomic E-state index is 0.257. The summed E-state index contributed by atoms with van der Waals surface area (Å²) in [4.78, 5) is 0. The molecule has 0 saturated heterocycles. The summed E-state index contributed by atoms with van der Waals surface area (Å²) in [5.74, 6) is 0.921. The number of nitrogens with one attached hydrogen (secondary N) is 1. The molecule has 0 saturated carbocycles. The molecule has 1 unspecified atom stereocenters. The zero-order chi connectivity index (χ0) is 15.4. The van der Waals surface area contributed by atoms with Gasteiger partial charge in [-0.1, -0.05) is 40.2 Å². The minimum absolute atomic E-state index is 0.257. The van der Waals surface area contributed by atoms with E-state index in [1.807, 2.05) is 19.2 Å².